The Hall–Kier alpha value is -2.80. The summed E-state index contributed by atoms with van der Waals surface area (Å²) >= 11 is 1.56. The fourth-order valence-electron chi connectivity index (χ4n) is 3.25. The summed E-state index contributed by atoms with van der Waals surface area (Å²) in [5, 5.41) is 0. The molecule has 1 atom stereocenters. The first-order valence-corrected chi connectivity index (χ1v) is 9.32. The second-order valence-electron chi connectivity index (χ2n) is 6.18. The molecule has 0 aromatic carbocycles. The van der Waals surface area contributed by atoms with E-state index >= 15 is 0 Å². The van der Waals surface area contributed by atoms with Gasteiger partial charge in [0.1, 0.15) is 5.82 Å². The van der Waals surface area contributed by atoms with Crippen molar-refractivity contribution in [1.82, 2.24) is 15.0 Å². The van der Waals surface area contributed by atoms with Gasteiger partial charge in [-0.3, -0.25) is 14.8 Å². The summed E-state index contributed by atoms with van der Waals surface area (Å²) < 4.78 is 0. The molecule has 26 heavy (non-hydrogen) atoms. The van der Waals surface area contributed by atoms with Crippen molar-refractivity contribution in [3.05, 3.63) is 65.0 Å². The highest BCUT2D eigenvalue weighted by molar-refractivity contribution is 7.14. The van der Waals surface area contributed by atoms with E-state index in [0.717, 1.165) is 36.0 Å². The molecule has 0 N–H and O–H groups in total. The minimum absolute atomic E-state index is 0.106. The number of ketones is 1. The van der Waals surface area contributed by atoms with E-state index in [2.05, 4.69) is 30.8 Å². The molecule has 3 aromatic rings. The molecule has 0 aliphatic carbocycles. The summed E-state index contributed by atoms with van der Waals surface area (Å²) in [6.45, 7) is 4.15. The molecule has 1 fully saturated rings. The number of carbonyl (C=O) groups is 1. The molecule has 6 nitrogen and oxygen atoms in total. The Morgan fingerprint density at radius 1 is 1.08 bits per heavy atom. The van der Waals surface area contributed by atoms with Crippen LogP contribution in [-0.2, 0) is 0 Å². The van der Waals surface area contributed by atoms with Gasteiger partial charge in [0.2, 0.25) is 0 Å². The number of aromatic nitrogens is 3. The maximum Gasteiger partial charge on any atom is 0.169 e. The van der Waals surface area contributed by atoms with Crippen LogP contribution in [0.3, 0.4) is 0 Å². The van der Waals surface area contributed by atoms with Gasteiger partial charge in [-0.15, -0.1) is 11.3 Å². The number of Topliss-reactive ketones (excluding diaryl/α,β-unsaturated/α-hetero) is 1. The third-order valence-electron chi connectivity index (χ3n) is 4.55. The van der Waals surface area contributed by atoms with E-state index in [-0.39, 0.29) is 11.8 Å². The molecule has 1 saturated heterocycles. The highest BCUT2D eigenvalue weighted by atomic mass is 32.1. The fourth-order valence-corrected chi connectivity index (χ4v) is 4.26. The van der Waals surface area contributed by atoms with Gasteiger partial charge < -0.3 is 9.80 Å². The number of nitrogens with zero attached hydrogens (tertiary/aromatic N) is 5. The van der Waals surface area contributed by atoms with Crippen molar-refractivity contribution in [1.29, 1.82) is 0 Å². The average molecular weight is 365 g/mol. The Morgan fingerprint density at radius 3 is 2.62 bits per heavy atom. The van der Waals surface area contributed by atoms with Crippen LogP contribution in [0.15, 0.2) is 55.2 Å². The molecular formula is C19H19N5OS. The Labute approximate surface area is 156 Å². The van der Waals surface area contributed by atoms with Crippen molar-refractivity contribution in [2.24, 2.45) is 0 Å². The van der Waals surface area contributed by atoms with Gasteiger partial charge in [-0.1, -0.05) is 0 Å². The molecule has 0 saturated carbocycles. The summed E-state index contributed by atoms with van der Waals surface area (Å²) in [4.78, 5) is 31.1. The lowest BCUT2D eigenvalue weighted by atomic mass is 10.1. The monoisotopic (exact) mass is 365 g/mol. The Morgan fingerprint density at radius 2 is 1.92 bits per heavy atom. The van der Waals surface area contributed by atoms with Crippen molar-refractivity contribution in [3.8, 4) is 0 Å². The lowest BCUT2D eigenvalue weighted by Crippen LogP contribution is -2.48. The first-order valence-electron chi connectivity index (χ1n) is 8.50. The second kappa shape index (κ2) is 7.21. The molecule has 0 amide bonds. The third-order valence-corrected chi connectivity index (χ3v) is 5.84. The normalized spacial score (nSPS) is 17.3. The van der Waals surface area contributed by atoms with Crippen LogP contribution >= 0.6 is 11.3 Å². The van der Waals surface area contributed by atoms with E-state index in [0.29, 0.717) is 0 Å². The molecule has 1 aliphatic heterocycles. The zero-order chi connectivity index (χ0) is 17.9. The molecule has 1 aliphatic rings. The highest BCUT2D eigenvalue weighted by Crippen LogP contribution is 2.34. The second-order valence-corrected chi connectivity index (χ2v) is 7.30. The molecular weight excluding hydrogens is 346 g/mol. The summed E-state index contributed by atoms with van der Waals surface area (Å²) in [5.74, 6) is 0.971. The topological polar surface area (TPSA) is 62.2 Å². The van der Waals surface area contributed by atoms with Crippen molar-refractivity contribution < 1.29 is 4.79 Å². The lowest BCUT2D eigenvalue weighted by molar-refractivity contribution is 0.102. The number of rotatable bonds is 4. The van der Waals surface area contributed by atoms with E-state index in [9.17, 15) is 4.79 Å². The minimum Gasteiger partial charge on any atom is -0.367 e. The fraction of sp³-hybridized carbons (Fsp3) is 0.263. The summed E-state index contributed by atoms with van der Waals surface area (Å²) in [6, 6.07) is 8.16. The third kappa shape index (κ3) is 3.30. The molecule has 4 rings (SSSR count). The van der Waals surface area contributed by atoms with E-state index < -0.39 is 0 Å². The van der Waals surface area contributed by atoms with Crippen LogP contribution in [0, 0.1) is 0 Å². The average Bonchev–Trinajstić information content (AvgIpc) is 3.19. The van der Waals surface area contributed by atoms with Crippen LogP contribution < -0.4 is 9.80 Å². The summed E-state index contributed by atoms with van der Waals surface area (Å²) in [5.41, 5.74) is 1.16. The van der Waals surface area contributed by atoms with Gasteiger partial charge in [0, 0.05) is 55.0 Å². The van der Waals surface area contributed by atoms with Gasteiger partial charge in [0.05, 0.1) is 17.1 Å². The van der Waals surface area contributed by atoms with Crippen molar-refractivity contribution >= 4 is 28.6 Å². The van der Waals surface area contributed by atoms with E-state index in [4.69, 9.17) is 0 Å². The zero-order valence-electron chi connectivity index (χ0n) is 14.4. The predicted octanol–water partition coefficient (Wildman–Crippen LogP) is 3.20. The molecule has 0 bridgehead atoms. The van der Waals surface area contributed by atoms with Gasteiger partial charge in [-0.2, -0.15) is 0 Å². The van der Waals surface area contributed by atoms with Crippen LogP contribution in [0.2, 0.25) is 0 Å². The van der Waals surface area contributed by atoms with Gasteiger partial charge in [0.25, 0.3) is 0 Å². The molecule has 7 heteroatoms. The molecule has 132 valence electrons. The SMILES string of the molecule is CC(=O)c1ccc(C2CN(c3ccncc3)CCN2c2cnccn2)s1. The van der Waals surface area contributed by atoms with Gasteiger partial charge >= 0.3 is 0 Å². The maximum atomic E-state index is 11.7. The van der Waals surface area contributed by atoms with Crippen molar-refractivity contribution in [2.45, 2.75) is 13.0 Å². The van der Waals surface area contributed by atoms with E-state index in [1.807, 2.05) is 30.6 Å². The first-order chi connectivity index (χ1) is 12.7. The van der Waals surface area contributed by atoms with Crippen molar-refractivity contribution in [3.63, 3.8) is 0 Å². The maximum absolute atomic E-state index is 11.7. The number of pyridine rings is 1. The number of anilines is 2. The Bertz CT molecular complexity index is 883. The quantitative estimate of drug-likeness (QED) is 0.662. The lowest BCUT2D eigenvalue weighted by Gasteiger charge is -2.42. The van der Waals surface area contributed by atoms with Gasteiger partial charge in [-0.05, 0) is 31.2 Å². The largest absolute Gasteiger partial charge is 0.367 e. The van der Waals surface area contributed by atoms with Crippen LogP contribution in [0.1, 0.15) is 27.5 Å². The highest BCUT2D eigenvalue weighted by Gasteiger charge is 2.30. The van der Waals surface area contributed by atoms with Crippen molar-refractivity contribution in [2.75, 3.05) is 29.4 Å². The molecule has 0 radical (unpaired) electrons. The van der Waals surface area contributed by atoms with E-state index in [1.54, 1.807) is 36.9 Å². The zero-order valence-corrected chi connectivity index (χ0v) is 15.3. The standard InChI is InChI=1S/C19H19N5OS/c1-14(25)17-2-3-18(26-17)16-13-23(15-4-6-20-7-5-15)10-11-24(16)19-12-21-8-9-22-19/h2-9,12,16H,10-11,13H2,1H3. The smallest absolute Gasteiger partial charge is 0.169 e. The molecule has 0 spiro atoms. The number of piperazine rings is 1. The van der Waals surface area contributed by atoms with E-state index in [1.165, 1.54) is 4.88 Å². The molecule has 1 unspecified atom stereocenters. The number of hydrogen-bond acceptors (Lipinski definition) is 7. The summed E-state index contributed by atoms with van der Waals surface area (Å²) in [6.07, 6.45) is 8.84. The number of thiophene rings is 1. The van der Waals surface area contributed by atoms with Crippen LogP contribution in [0.25, 0.3) is 0 Å². The Balaban J connectivity index is 1.67. The van der Waals surface area contributed by atoms with Crippen LogP contribution in [0.4, 0.5) is 11.5 Å². The van der Waals surface area contributed by atoms with Crippen LogP contribution in [-0.4, -0.2) is 40.4 Å². The molecule has 4 heterocycles. The number of carbonyl (C=O) groups excluding carboxylic acids is 1. The predicted molar refractivity (Wildman–Crippen MR) is 103 cm³/mol. The number of hydrogen-bond donors (Lipinski definition) is 0. The molecule has 3 aromatic heterocycles. The Kier molecular flexibility index (Phi) is 4.62. The van der Waals surface area contributed by atoms with Gasteiger partial charge in [0.15, 0.2) is 5.78 Å². The minimum atomic E-state index is 0.106. The van der Waals surface area contributed by atoms with Gasteiger partial charge in [-0.25, -0.2) is 4.98 Å². The van der Waals surface area contributed by atoms with Crippen LogP contribution in [0.5, 0.6) is 0 Å². The summed E-state index contributed by atoms with van der Waals surface area (Å²) in [7, 11) is 0. The first kappa shape index (κ1) is 16.7.